The molecule has 0 radical (unpaired) electrons. The Morgan fingerprint density at radius 3 is 1.40 bits per heavy atom. The minimum atomic E-state index is -0.736. The Morgan fingerprint density at radius 1 is 0.603 bits per heavy atom. The number of carbonyl (C=O) groups is 6. The quantitative estimate of drug-likeness (QED) is 0.0600. The smallest absolute Gasteiger partial charge is 0.243 e. The Hall–Kier alpha value is -3.10. The zero-order valence-corrected chi connectivity index (χ0v) is 36.4. The van der Waals surface area contributed by atoms with Gasteiger partial charge in [0.05, 0.1) is 112 Å². The molecule has 0 aromatic carbocycles. The van der Waals surface area contributed by atoms with Gasteiger partial charge < -0.3 is 53.8 Å². The predicted octanol–water partition coefficient (Wildman–Crippen LogP) is 1.31. The van der Waals surface area contributed by atoms with Gasteiger partial charge in [-0.05, 0) is 25.7 Å². The third-order valence-corrected chi connectivity index (χ3v) is 8.53. The van der Waals surface area contributed by atoms with Gasteiger partial charge in [0, 0.05) is 38.3 Å². The molecule has 1 saturated heterocycles. The molecule has 18 heteroatoms. The van der Waals surface area contributed by atoms with Gasteiger partial charge in [-0.15, -0.1) is 0 Å². The summed E-state index contributed by atoms with van der Waals surface area (Å²) in [5.41, 5.74) is 0. The molecule has 18 nitrogen and oxygen atoms in total. The number of amides is 5. The van der Waals surface area contributed by atoms with Crippen molar-refractivity contribution in [1.29, 1.82) is 0 Å². The number of hydrogen-bond donors (Lipinski definition) is 3. The van der Waals surface area contributed by atoms with Crippen molar-refractivity contribution in [3.8, 4) is 0 Å². The summed E-state index contributed by atoms with van der Waals surface area (Å²) in [5, 5.41) is 8.05. The number of carbonyl (C=O) groups excluding carboxylic acids is 6. The maximum atomic E-state index is 12.4. The van der Waals surface area contributed by atoms with Gasteiger partial charge in [-0.25, -0.2) is 0 Å². The lowest BCUT2D eigenvalue weighted by molar-refractivity contribution is -0.140. The summed E-state index contributed by atoms with van der Waals surface area (Å²) in [6, 6.07) is -1.35. The lowest BCUT2D eigenvalue weighted by Gasteiger charge is -2.23. The average molecular weight is 835 g/mol. The summed E-state index contributed by atoms with van der Waals surface area (Å²) >= 11 is 0. The molecule has 3 unspecified atom stereocenters. The van der Waals surface area contributed by atoms with Crippen molar-refractivity contribution in [2.45, 2.75) is 86.7 Å². The lowest BCUT2D eigenvalue weighted by atomic mass is 9.94. The van der Waals surface area contributed by atoms with E-state index in [-0.39, 0.29) is 79.6 Å². The highest BCUT2D eigenvalue weighted by Gasteiger charge is 2.39. The number of hydrogen-bond acceptors (Lipinski definition) is 14. The summed E-state index contributed by atoms with van der Waals surface area (Å²) in [5.74, 6) is -1.83. The van der Waals surface area contributed by atoms with Crippen LogP contribution in [0.1, 0.15) is 74.7 Å². The molecule has 1 heterocycles. The van der Waals surface area contributed by atoms with Crippen LogP contribution in [0.25, 0.3) is 0 Å². The molecule has 1 rings (SSSR count). The first-order chi connectivity index (χ1) is 27.8. The number of likely N-dealkylation sites (tertiary alicyclic amines) is 1. The van der Waals surface area contributed by atoms with Gasteiger partial charge in [-0.1, -0.05) is 41.5 Å². The molecule has 3 N–H and O–H groups in total. The highest BCUT2D eigenvalue weighted by molar-refractivity contribution is 6.03. The summed E-state index contributed by atoms with van der Waals surface area (Å²) < 4.78 is 43.7. The van der Waals surface area contributed by atoms with Crippen LogP contribution >= 0.6 is 0 Å². The van der Waals surface area contributed by atoms with Crippen LogP contribution < -0.4 is 16.0 Å². The molecule has 3 atom stereocenters. The number of nitrogens with zero attached hydrogens (tertiary/aromatic N) is 1. The molecular weight excluding hydrogens is 760 g/mol. The predicted molar refractivity (Wildman–Crippen MR) is 215 cm³/mol. The van der Waals surface area contributed by atoms with E-state index in [1.54, 1.807) is 6.92 Å². The molecule has 0 bridgehead atoms. The molecule has 0 aliphatic carbocycles. The van der Waals surface area contributed by atoms with Gasteiger partial charge in [0.15, 0.2) is 5.78 Å². The van der Waals surface area contributed by atoms with E-state index in [1.165, 1.54) is 11.8 Å². The van der Waals surface area contributed by atoms with E-state index < -0.39 is 18.0 Å². The van der Waals surface area contributed by atoms with Crippen LogP contribution in [0.5, 0.6) is 0 Å². The normalized spacial score (nSPS) is 15.0. The van der Waals surface area contributed by atoms with E-state index >= 15 is 0 Å². The molecule has 1 aliphatic heterocycles. The second-order valence-corrected chi connectivity index (χ2v) is 13.8. The van der Waals surface area contributed by atoms with E-state index in [2.05, 4.69) is 16.0 Å². The van der Waals surface area contributed by atoms with E-state index in [0.29, 0.717) is 106 Å². The molecule has 0 aromatic heterocycles. The Morgan fingerprint density at radius 2 is 1.02 bits per heavy atom. The maximum Gasteiger partial charge on any atom is 0.243 e. The average Bonchev–Trinajstić information content (AvgIpc) is 3.48. The number of ketones is 1. The molecule has 1 aliphatic rings. The van der Waals surface area contributed by atoms with Crippen LogP contribution in [0.2, 0.25) is 0 Å². The van der Waals surface area contributed by atoms with E-state index in [0.717, 1.165) is 0 Å². The van der Waals surface area contributed by atoms with E-state index in [1.807, 2.05) is 41.5 Å². The molecule has 0 aromatic rings. The number of rotatable bonds is 36. The molecule has 58 heavy (non-hydrogen) atoms. The van der Waals surface area contributed by atoms with E-state index in [9.17, 15) is 28.8 Å². The summed E-state index contributed by atoms with van der Waals surface area (Å²) in [6.45, 7) is 21.1. The fraction of sp³-hybridized carbons (Fsp3) is 0.850. The van der Waals surface area contributed by atoms with Crippen molar-refractivity contribution in [1.82, 2.24) is 20.9 Å². The van der Waals surface area contributed by atoms with Gasteiger partial charge in [0.1, 0.15) is 6.04 Å². The van der Waals surface area contributed by atoms with Crippen LogP contribution in [-0.2, 0) is 66.7 Å². The number of Topliss-reactive ketones (excluding diaryl/α,β-unsaturated/α-hetero) is 1. The van der Waals surface area contributed by atoms with Crippen molar-refractivity contribution >= 4 is 35.3 Å². The van der Waals surface area contributed by atoms with Crippen molar-refractivity contribution < 1.29 is 66.7 Å². The first-order valence-electron chi connectivity index (χ1n) is 20.7. The monoisotopic (exact) mass is 835 g/mol. The largest absolute Gasteiger partial charge is 0.379 e. The van der Waals surface area contributed by atoms with Crippen LogP contribution in [-0.4, -0.2) is 171 Å². The van der Waals surface area contributed by atoms with Gasteiger partial charge in [0.25, 0.3) is 0 Å². The van der Waals surface area contributed by atoms with Crippen LogP contribution in [0.15, 0.2) is 0 Å². The fourth-order valence-electron chi connectivity index (χ4n) is 5.02. The summed E-state index contributed by atoms with van der Waals surface area (Å²) in [7, 11) is 0. The minimum absolute atomic E-state index is 0.0726. The first kappa shape index (κ1) is 54.9. The molecule has 1 fully saturated rings. The maximum absolute atomic E-state index is 12.4. The fourth-order valence-corrected chi connectivity index (χ4v) is 5.02. The number of nitrogens with one attached hydrogen (secondary N) is 3. The SMILES string of the molecule is CC.CC(=O)C(C)NC(=O)C(NC(=O)CCOCCOCCOCCOCCOCCOCCOCCOCCNC(=O)CCN1C(=O)CC(C(C)C)C1=O)C(C)C. The van der Waals surface area contributed by atoms with Gasteiger partial charge in [-0.3, -0.25) is 33.7 Å². The van der Waals surface area contributed by atoms with E-state index in [4.69, 9.17) is 37.9 Å². The minimum Gasteiger partial charge on any atom is -0.379 e. The summed E-state index contributed by atoms with van der Waals surface area (Å²) in [6.07, 6.45) is 0.389. The Balaban J connectivity index is 0.0000160. The van der Waals surface area contributed by atoms with Crippen molar-refractivity contribution in [2.24, 2.45) is 17.8 Å². The van der Waals surface area contributed by atoms with Crippen LogP contribution in [0.3, 0.4) is 0 Å². The zero-order chi connectivity index (χ0) is 43.6. The number of ether oxygens (including phenoxy) is 8. The second-order valence-electron chi connectivity index (χ2n) is 13.8. The Kier molecular flexibility index (Phi) is 33.9. The molecule has 338 valence electrons. The molecule has 5 amide bonds. The molecular formula is C40H74N4O14. The number of imide groups is 1. The third kappa shape index (κ3) is 27.6. The first-order valence-corrected chi connectivity index (χ1v) is 20.7. The topological polar surface area (TPSA) is 216 Å². The standard InChI is InChI=1S/C38H68N4O14.C2H6/c1-28(2)32-27-35(46)42(38(32)48)10-7-33(44)39-9-12-50-14-16-52-18-20-54-22-24-56-26-25-55-23-21-53-19-17-51-15-13-49-11-8-34(45)41-36(29(3)4)37(47)40-30(5)31(6)43;1-2/h28-30,32,36H,7-27H2,1-6H3,(H,39,44)(H,40,47)(H,41,45);1-2H3. The Labute approximate surface area is 345 Å². The van der Waals surface area contributed by atoms with Crippen LogP contribution in [0.4, 0.5) is 0 Å². The third-order valence-electron chi connectivity index (χ3n) is 8.53. The van der Waals surface area contributed by atoms with Crippen molar-refractivity contribution in [3.63, 3.8) is 0 Å². The van der Waals surface area contributed by atoms with Gasteiger partial charge in [0.2, 0.25) is 29.5 Å². The van der Waals surface area contributed by atoms with Crippen molar-refractivity contribution in [2.75, 3.05) is 119 Å². The molecule has 0 spiro atoms. The zero-order valence-electron chi connectivity index (χ0n) is 36.4. The second kappa shape index (κ2) is 35.8. The summed E-state index contributed by atoms with van der Waals surface area (Å²) in [4.78, 5) is 73.7. The lowest BCUT2D eigenvalue weighted by Crippen LogP contribution is -2.52. The van der Waals surface area contributed by atoms with Crippen LogP contribution in [0, 0.1) is 17.8 Å². The highest BCUT2D eigenvalue weighted by atomic mass is 16.6. The molecule has 0 saturated carbocycles. The van der Waals surface area contributed by atoms with Gasteiger partial charge >= 0.3 is 0 Å². The van der Waals surface area contributed by atoms with Crippen molar-refractivity contribution in [3.05, 3.63) is 0 Å². The highest BCUT2D eigenvalue weighted by Crippen LogP contribution is 2.26. The Bertz CT molecular complexity index is 1140. The van der Waals surface area contributed by atoms with Gasteiger partial charge in [-0.2, -0.15) is 0 Å².